The van der Waals surface area contributed by atoms with E-state index in [9.17, 15) is 13.2 Å². The molecule has 0 bridgehead atoms. The normalized spacial score (nSPS) is 14.9. The van der Waals surface area contributed by atoms with Gasteiger partial charge in [0.1, 0.15) is 9.92 Å². The van der Waals surface area contributed by atoms with Gasteiger partial charge in [-0.25, -0.2) is 22.7 Å². The topological polar surface area (TPSA) is 93.4 Å². The van der Waals surface area contributed by atoms with Crippen LogP contribution in [0.4, 0.5) is 0 Å². The molecule has 0 saturated heterocycles. The summed E-state index contributed by atoms with van der Waals surface area (Å²) in [6.07, 6.45) is 1.56. The number of nitrogens with zero attached hydrogens (tertiary/aromatic N) is 3. The summed E-state index contributed by atoms with van der Waals surface area (Å²) in [5.41, 5.74) is 0.980. The summed E-state index contributed by atoms with van der Waals surface area (Å²) in [6.45, 7) is 0.0505. The monoisotopic (exact) mass is 437 g/mol. The largest absolute Gasteiger partial charge is 0.461 e. The minimum atomic E-state index is -3.81. The lowest BCUT2D eigenvalue weighted by molar-refractivity contribution is 0.0876. The van der Waals surface area contributed by atoms with Crippen molar-refractivity contribution in [3.63, 3.8) is 0 Å². The van der Waals surface area contributed by atoms with Crippen molar-refractivity contribution >= 4 is 38.6 Å². The number of para-hydroxylation sites is 1. The molecule has 3 heterocycles. The second kappa shape index (κ2) is 7.26. The van der Waals surface area contributed by atoms with E-state index in [-0.39, 0.29) is 17.0 Å². The number of thioether (sulfide) groups is 1. The van der Waals surface area contributed by atoms with Crippen LogP contribution in [0.3, 0.4) is 0 Å². The average molecular weight is 438 g/mol. The van der Waals surface area contributed by atoms with Crippen molar-refractivity contribution in [3.8, 4) is 11.6 Å². The summed E-state index contributed by atoms with van der Waals surface area (Å²) >= 11 is 1.38. The van der Waals surface area contributed by atoms with Crippen LogP contribution in [-0.2, 0) is 10.0 Å². The summed E-state index contributed by atoms with van der Waals surface area (Å²) in [6, 6.07) is 17.4. The van der Waals surface area contributed by atoms with Crippen LogP contribution >= 0.6 is 11.8 Å². The molecule has 7 nitrogen and oxygen atoms in total. The Balaban J connectivity index is 1.42. The minimum absolute atomic E-state index is 0.0505. The van der Waals surface area contributed by atoms with E-state index < -0.39 is 15.9 Å². The van der Waals surface area contributed by atoms with Gasteiger partial charge in [0.2, 0.25) is 0 Å². The molecule has 4 aromatic rings. The number of rotatable bonds is 5. The molecule has 150 valence electrons. The van der Waals surface area contributed by atoms with Gasteiger partial charge in [0.05, 0.1) is 17.3 Å². The standard InChI is InChI=1S/C21H15N3O4S2/c25-21-15-7-2-4-10-18(15)30(26,27)24(21)11-13-29-20-14-6-1-3-8-16(14)22-19(23-20)17-9-5-12-28-17/h1-10,12H,11,13H2. The van der Waals surface area contributed by atoms with Crippen molar-refractivity contribution in [1.29, 1.82) is 0 Å². The molecule has 0 fully saturated rings. The van der Waals surface area contributed by atoms with Gasteiger partial charge in [-0.3, -0.25) is 4.79 Å². The van der Waals surface area contributed by atoms with E-state index >= 15 is 0 Å². The summed E-state index contributed by atoms with van der Waals surface area (Å²) < 4.78 is 31.8. The zero-order valence-corrected chi connectivity index (χ0v) is 17.2. The van der Waals surface area contributed by atoms with Crippen LogP contribution in [0, 0.1) is 0 Å². The van der Waals surface area contributed by atoms with Crippen LogP contribution in [0.15, 0.2) is 81.3 Å². The highest BCUT2D eigenvalue weighted by Crippen LogP contribution is 2.32. The number of amides is 1. The van der Waals surface area contributed by atoms with Crippen LogP contribution in [0.2, 0.25) is 0 Å². The molecule has 5 rings (SSSR count). The molecule has 0 unspecified atom stereocenters. The lowest BCUT2D eigenvalue weighted by atomic mass is 10.2. The number of carbonyl (C=O) groups is 1. The third-order valence-electron chi connectivity index (χ3n) is 4.76. The fourth-order valence-electron chi connectivity index (χ4n) is 3.35. The quantitative estimate of drug-likeness (QED) is 0.346. The third-order valence-corrected chi connectivity index (χ3v) is 7.57. The van der Waals surface area contributed by atoms with Crippen molar-refractivity contribution in [2.75, 3.05) is 12.3 Å². The van der Waals surface area contributed by atoms with Gasteiger partial charge in [-0.2, -0.15) is 0 Å². The fraction of sp³-hybridized carbons (Fsp3) is 0.0952. The Hall–Kier alpha value is -3.17. The van der Waals surface area contributed by atoms with Crippen molar-refractivity contribution in [1.82, 2.24) is 14.3 Å². The van der Waals surface area contributed by atoms with Gasteiger partial charge in [0.15, 0.2) is 11.6 Å². The maximum Gasteiger partial charge on any atom is 0.269 e. The highest BCUT2D eigenvalue weighted by Gasteiger charge is 2.40. The van der Waals surface area contributed by atoms with Crippen LogP contribution in [0.25, 0.3) is 22.5 Å². The molecule has 30 heavy (non-hydrogen) atoms. The lowest BCUT2D eigenvalue weighted by Crippen LogP contribution is -2.32. The van der Waals surface area contributed by atoms with Crippen molar-refractivity contribution < 1.29 is 17.6 Å². The van der Waals surface area contributed by atoms with E-state index in [1.54, 1.807) is 30.5 Å². The Morgan fingerprint density at radius 3 is 2.57 bits per heavy atom. The van der Waals surface area contributed by atoms with E-state index in [0.29, 0.717) is 22.4 Å². The SMILES string of the molecule is O=C1c2ccccc2S(=O)(=O)N1CCSc1nc(-c2ccco2)nc2ccccc12. The molecule has 2 aromatic carbocycles. The Bertz CT molecular complexity index is 1370. The summed E-state index contributed by atoms with van der Waals surface area (Å²) in [5.74, 6) is 0.876. The van der Waals surface area contributed by atoms with E-state index in [2.05, 4.69) is 9.97 Å². The molecule has 0 spiro atoms. The molecule has 0 atom stereocenters. The predicted octanol–water partition coefficient (Wildman–Crippen LogP) is 3.83. The zero-order chi connectivity index (χ0) is 20.7. The Kier molecular flexibility index (Phi) is 4.56. The molecule has 0 aliphatic carbocycles. The average Bonchev–Trinajstić information content (AvgIpc) is 3.36. The first-order valence-corrected chi connectivity index (χ1v) is 11.6. The molecule has 1 amide bonds. The Labute approximate surface area is 176 Å². The minimum Gasteiger partial charge on any atom is -0.461 e. The van der Waals surface area contributed by atoms with Crippen LogP contribution in [0.5, 0.6) is 0 Å². The van der Waals surface area contributed by atoms with Gasteiger partial charge in [-0.05, 0) is 30.3 Å². The van der Waals surface area contributed by atoms with E-state index in [0.717, 1.165) is 15.2 Å². The smallest absolute Gasteiger partial charge is 0.269 e. The summed E-state index contributed by atoms with van der Waals surface area (Å²) in [7, 11) is -3.81. The lowest BCUT2D eigenvalue weighted by Gasteiger charge is -2.15. The van der Waals surface area contributed by atoms with E-state index in [4.69, 9.17) is 4.42 Å². The van der Waals surface area contributed by atoms with E-state index in [1.807, 2.05) is 24.3 Å². The number of benzene rings is 2. The first-order chi connectivity index (χ1) is 14.6. The fourth-order valence-corrected chi connectivity index (χ4v) is 5.98. The number of furan rings is 1. The molecular weight excluding hydrogens is 422 g/mol. The molecule has 2 aromatic heterocycles. The van der Waals surface area contributed by atoms with Crippen LogP contribution in [0.1, 0.15) is 10.4 Å². The van der Waals surface area contributed by atoms with Gasteiger partial charge in [0.25, 0.3) is 15.9 Å². The van der Waals surface area contributed by atoms with Crippen molar-refractivity contribution in [3.05, 3.63) is 72.5 Å². The molecule has 0 N–H and O–H groups in total. The van der Waals surface area contributed by atoms with Gasteiger partial charge in [0, 0.05) is 17.7 Å². The number of carbonyl (C=O) groups excluding carboxylic acids is 1. The highest BCUT2D eigenvalue weighted by molar-refractivity contribution is 7.99. The second-order valence-electron chi connectivity index (χ2n) is 6.57. The molecule has 1 aliphatic heterocycles. The van der Waals surface area contributed by atoms with Crippen molar-refractivity contribution in [2.24, 2.45) is 0 Å². The first-order valence-electron chi connectivity index (χ1n) is 9.15. The molecule has 1 aliphatic rings. The number of hydrogen-bond donors (Lipinski definition) is 0. The van der Waals surface area contributed by atoms with Crippen LogP contribution < -0.4 is 0 Å². The van der Waals surface area contributed by atoms with Crippen LogP contribution in [-0.4, -0.2) is 40.9 Å². The number of aromatic nitrogens is 2. The van der Waals surface area contributed by atoms with Gasteiger partial charge < -0.3 is 4.42 Å². The maximum atomic E-state index is 12.7. The molecule has 9 heteroatoms. The molecular formula is C21H15N3O4S2. The first kappa shape index (κ1) is 18.8. The number of sulfonamides is 1. The maximum absolute atomic E-state index is 12.7. The Morgan fingerprint density at radius 2 is 1.77 bits per heavy atom. The van der Waals surface area contributed by atoms with Gasteiger partial charge in [-0.15, -0.1) is 11.8 Å². The van der Waals surface area contributed by atoms with Gasteiger partial charge >= 0.3 is 0 Å². The number of fused-ring (bicyclic) bond motifs is 2. The molecule has 0 saturated carbocycles. The van der Waals surface area contributed by atoms with Gasteiger partial charge in [-0.1, -0.05) is 30.3 Å². The number of hydrogen-bond acceptors (Lipinski definition) is 7. The zero-order valence-electron chi connectivity index (χ0n) is 15.6. The van der Waals surface area contributed by atoms with Crippen molar-refractivity contribution in [2.45, 2.75) is 9.92 Å². The summed E-state index contributed by atoms with van der Waals surface area (Å²) in [5, 5.41) is 1.56. The molecule has 0 radical (unpaired) electrons. The third kappa shape index (κ3) is 3.06. The highest BCUT2D eigenvalue weighted by atomic mass is 32.2. The second-order valence-corrected chi connectivity index (χ2v) is 9.49. The predicted molar refractivity (Wildman–Crippen MR) is 113 cm³/mol. The summed E-state index contributed by atoms with van der Waals surface area (Å²) in [4.78, 5) is 21.8. The Morgan fingerprint density at radius 1 is 0.967 bits per heavy atom. The van der Waals surface area contributed by atoms with E-state index in [1.165, 1.54) is 23.9 Å².